The lowest BCUT2D eigenvalue weighted by molar-refractivity contribution is -0.117. The lowest BCUT2D eigenvalue weighted by Crippen LogP contribution is -2.41. The van der Waals surface area contributed by atoms with Crippen LogP contribution >= 0.6 is 0 Å². The predicted octanol–water partition coefficient (Wildman–Crippen LogP) is 2.46. The molecule has 3 rings (SSSR count). The first kappa shape index (κ1) is 17.4. The number of rotatable bonds is 5. The van der Waals surface area contributed by atoms with Crippen molar-refractivity contribution in [2.24, 2.45) is 0 Å². The van der Waals surface area contributed by atoms with Gasteiger partial charge in [-0.15, -0.1) is 0 Å². The zero-order valence-corrected chi connectivity index (χ0v) is 15.1. The van der Waals surface area contributed by atoms with Crippen molar-refractivity contribution in [2.45, 2.75) is 50.0 Å². The fourth-order valence-electron chi connectivity index (χ4n) is 3.63. The molecule has 1 aromatic carbocycles. The second kappa shape index (κ2) is 7.23. The van der Waals surface area contributed by atoms with Gasteiger partial charge in [-0.2, -0.15) is 0 Å². The smallest absolute Gasteiger partial charge is 0.227 e. The van der Waals surface area contributed by atoms with E-state index in [1.165, 1.54) is 6.42 Å². The van der Waals surface area contributed by atoms with Crippen molar-refractivity contribution in [3.05, 3.63) is 24.3 Å². The molecule has 1 amide bonds. The molecule has 2 saturated heterocycles. The first-order chi connectivity index (χ1) is 11.5. The summed E-state index contributed by atoms with van der Waals surface area (Å²) in [6.45, 7) is 4.70. The maximum absolute atomic E-state index is 12.7. The normalized spacial score (nSPS) is 21.2. The van der Waals surface area contributed by atoms with Crippen LogP contribution in [0.5, 0.6) is 0 Å². The Morgan fingerprint density at radius 2 is 1.67 bits per heavy atom. The highest BCUT2D eigenvalue weighted by molar-refractivity contribution is 7.91. The van der Waals surface area contributed by atoms with Gasteiger partial charge in [0.15, 0.2) is 9.84 Å². The highest BCUT2D eigenvalue weighted by atomic mass is 32.2. The molecule has 1 aromatic rings. The van der Waals surface area contributed by atoms with Gasteiger partial charge in [0, 0.05) is 24.7 Å². The van der Waals surface area contributed by atoms with Crippen LogP contribution in [0.2, 0.25) is 0 Å². The Hall–Kier alpha value is -1.40. The van der Waals surface area contributed by atoms with Crippen LogP contribution in [0.15, 0.2) is 29.2 Å². The maximum Gasteiger partial charge on any atom is 0.227 e. The van der Waals surface area contributed by atoms with E-state index in [0.717, 1.165) is 44.6 Å². The van der Waals surface area contributed by atoms with Crippen LogP contribution in [0.1, 0.15) is 39.0 Å². The predicted molar refractivity (Wildman–Crippen MR) is 95.0 cm³/mol. The summed E-state index contributed by atoms with van der Waals surface area (Å²) in [5, 5.41) is 0. The molecule has 6 heteroatoms. The fraction of sp³-hybridized carbons (Fsp3) is 0.611. The minimum Gasteiger partial charge on any atom is -0.312 e. The van der Waals surface area contributed by atoms with Crippen LogP contribution in [-0.4, -0.2) is 50.7 Å². The lowest BCUT2D eigenvalue weighted by Gasteiger charge is -2.32. The number of nitrogens with zero attached hydrogens (tertiary/aromatic N) is 2. The molecule has 2 fully saturated rings. The van der Waals surface area contributed by atoms with E-state index in [1.54, 1.807) is 29.2 Å². The van der Waals surface area contributed by atoms with Crippen LogP contribution in [0.25, 0.3) is 0 Å². The van der Waals surface area contributed by atoms with Crippen molar-refractivity contribution in [3.8, 4) is 0 Å². The SMILES string of the molecule is C[C@H](CS(=O)(=O)c1ccc(N2CCCC2=O)cc1)N1CCCCC1. The van der Waals surface area contributed by atoms with E-state index in [2.05, 4.69) is 4.90 Å². The molecule has 0 N–H and O–H groups in total. The molecule has 24 heavy (non-hydrogen) atoms. The van der Waals surface area contributed by atoms with Crippen molar-refractivity contribution >= 4 is 21.4 Å². The van der Waals surface area contributed by atoms with Crippen LogP contribution in [-0.2, 0) is 14.6 Å². The van der Waals surface area contributed by atoms with E-state index >= 15 is 0 Å². The Morgan fingerprint density at radius 3 is 2.25 bits per heavy atom. The Balaban J connectivity index is 1.69. The highest BCUT2D eigenvalue weighted by Gasteiger charge is 2.25. The second-order valence-corrected chi connectivity index (χ2v) is 8.90. The number of amides is 1. The van der Waals surface area contributed by atoms with Crippen molar-refractivity contribution in [1.82, 2.24) is 4.90 Å². The zero-order chi connectivity index (χ0) is 17.2. The molecule has 5 nitrogen and oxygen atoms in total. The summed E-state index contributed by atoms with van der Waals surface area (Å²) in [5.74, 6) is 0.263. The third-order valence-electron chi connectivity index (χ3n) is 5.06. The Labute approximate surface area is 144 Å². The molecule has 2 heterocycles. The molecule has 0 radical (unpaired) electrons. The summed E-state index contributed by atoms with van der Waals surface area (Å²) in [6, 6.07) is 6.82. The molecule has 0 spiro atoms. The van der Waals surface area contributed by atoms with Crippen LogP contribution in [0.3, 0.4) is 0 Å². The standard InChI is InChI=1S/C18H26N2O3S/c1-15(19-11-3-2-4-12-19)14-24(22,23)17-9-7-16(8-10-17)20-13-5-6-18(20)21/h7-10,15H,2-6,11-14H2,1H3/t15-/m1/s1. The van der Waals surface area contributed by atoms with Gasteiger partial charge in [0.2, 0.25) is 5.91 Å². The highest BCUT2D eigenvalue weighted by Crippen LogP contribution is 2.24. The van der Waals surface area contributed by atoms with Gasteiger partial charge in [-0.05, 0) is 63.5 Å². The summed E-state index contributed by atoms with van der Waals surface area (Å²) in [7, 11) is -3.31. The minimum absolute atomic E-state index is 0.0372. The first-order valence-corrected chi connectivity index (χ1v) is 10.5. The number of anilines is 1. The van der Waals surface area contributed by atoms with Crippen molar-refractivity contribution < 1.29 is 13.2 Å². The maximum atomic E-state index is 12.7. The first-order valence-electron chi connectivity index (χ1n) is 8.84. The lowest BCUT2D eigenvalue weighted by atomic mass is 10.1. The number of hydrogen-bond acceptors (Lipinski definition) is 4. The van der Waals surface area contributed by atoms with Gasteiger partial charge in [0.25, 0.3) is 0 Å². The Morgan fingerprint density at radius 1 is 1.00 bits per heavy atom. The summed E-state index contributed by atoms with van der Waals surface area (Å²) in [6.07, 6.45) is 5.00. The number of benzene rings is 1. The zero-order valence-electron chi connectivity index (χ0n) is 14.3. The summed E-state index contributed by atoms with van der Waals surface area (Å²) < 4.78 is 25.3. The molecular weight excluding hydrogens is 324 g/mol. The molecule has 0 bridgehead atoms. The number of carbonyl (C=O) groups is 1. The molecule has 2 aliphatic rings. The second-order valence-electron chi connectivity index (χ2n) is 6.87. The number of likely N-dealkylation sites (tertiary alicyclic amines) is 1. The van der Waals surface area contributed by atoms with Gasteiger partial charge < -0.3 is 4.90 Å². The average molecular weight is 350 g/mol. The number of carbonyl (C=O) groups excluding carboxylic acids is 1. The van der Waals surface area contributed by atoms with Gasteiger partial charge in [-0.25, -0.2) is 8.42 Å². The summed E-state index contributed by atoms with van der Waals surface area (Å²) in [4.78, 5) is 16.1. The van der Waals surface area contributed by atoms with E-state index in [-0.39, 0.29) is 17.7 Å². The molecule has 1 atom stereocenters. The van der Waals surface area contributed by atoms with Gasteiger partial charge >= 0.3 is 0 Å². The number of hydrogen-bond donors (Lipinski definition) is 0. The van der Waals surface area contributed by atoms with Crippen LogP contribution in [0, 0.1) is 0 Å². The topological polar surface area (TPSA) is 57.7 Å². The fourth-order valence-corrected chi connectivity index (χ4v) is 5.22. The molecule has 2 aliphatic heterocycles. The number of piperidine rings is 1. The van der Waals surface area contributed by atoms with E-state index in [9.17, 15) is 13.2 Å². The third-order valence-corrected chi connectivity index (χ3v) is 6.97. The molecule has 0 saturated carbocycles. The third kappa shape index (κ3) is 3.81. The molecule has 0 aliphatic carbocycles. The minimum atomic E-state index is -3.31. The van der Waals surface area contributed by atoms with Gasteiger partial charge in [0.05, 0.1) is 10.6 Å². The average Bonchev–Trinajstić information content (AvgIpc) is 3.01. The van der Waals surface area contributed by atoms with Gasteiger partial charge in [0.1, 0.15) is 0 Å². The van der Waals surface area contributed by atoms with Gasteiger partial charge in [-0.3, -0.25) is 9.69 Å². The van der Waals surface area contributed by atoms with Gasteiger partial charge in [-0.1, -0.05) is 6.42 Å². The van der Waals surface area contributed by atoms with E-state index in [4.69, 9.17) is 0 Å². The summed E-state index contributed by atoms with van der Waals surface area (Å²) in [5.41, 5.74) is 0.792. The van der Waals surface area contributed by atoms with Crippen molar-refractivity contribution in [2.75, 3.05) is 30.3 Å². The number of sulfone groups is 1. The molecular formula is C18H26N2O3S. The van der Waals surface area contributed by atoms with E-state index < -0.39 is 9.84 Å². The molecule has 0 unspecified atom stereocenters. The van der Waals surface area contributed by atoms with E-state index in [0.29, 0.717) is 11.3 Å². The van der Waals surface area contributed by atoms with Crippen molar-refractivity contribution in [3.63, 3.8) is 0 Å². The largest absolute Gasteiger partial charge is 0.312 e. The van der Waals surface area contributed by atoms with E-state index in [1.807, 2.05) is 6.92 Å². The Kier molecular flexibility index (Phi) is 5.25. The monoisotopic (exact) mass is 350 g/mol. The van der Waals surface area contributed by atoms with Crippen LogP contribution < -0.4 is 4.90 Å². The van der Waals surface area contributed by atoms with Crippen molar-refractivity contribution in [1.29, 1.82) is 0 Å². The quantitative estimate of drug-likeness (QED) is 0.818. The summed E-state index contributed by atoms with van der Waals surface area (Å²) >= 11 is 0. The van der Waals surface area contributed by atoms with Crippen LogP contribution in [0.4, 0.5) is 5.69 Å². The molecule has 132 valence electrons. The molecule has 0 aromatic heterocycles. The Bertz CT molecular complexity index is 679.